The fourth-order valence-electron chi connectivity index (χ4n) is 1.87. The van der Waals surface area contributed by atoms with Gasteiger partial charge in [0.15, 0.2) is 0 Å². The maximum absolute atomic E-state index is 11.3. The van der Waals surface area contributed by atoms with Crippen LogP contribution in [0.3, 0.4) is 0 Å². The Morgan fingerprint density at radius 2 is 2.31 bits per heavy atom. The minimum atomic E-state index is 0.425. The molecule has 1 aromatic rings. The average Bonchev–Trinajstić information content (AvgIpc) is 2.51. The number of Topliss-reactive ketones (excluding diaryl/α,β-unsaturated/α-hetero) is 1. The SMILES string of the molecule is O=C1CCCC(c2cscc2Br)C1. The normalized spacial score (nSPS) is 23.5. The quantitative estimate of drug-likeness (QED) is 0.750. The maximum Gasteiger partial charge on any atom is 0.133 e. The predicted molar refractivity (Wildman–Crippen MR) is 58.2 cm³/mol. The van der Waals surface area contributed by atoms with Gasteiger partial charge in [-0.05, 0) is 45.6 Å². The molecule has 1 aromatic heterocycles. The van der Waals surface area contributed by atoms with Crippen molar-refractivity contribution in [3.8, 4) is 0 Å². The zero-order valence-corrected chi connectivity index (χ0v) is 9.66. The summed E-state index contributed by atoms with van der Waals surface area (Å²) in [6.45, 7) is 0. The third-order valence-electron chi connectivity index (χ3n) is 2.56. The molecule has 70 valence electrons. The van der Waals surface area contributed by atoms with Gasteiger partial charge in [-0.25, -0.2) is 0 Å². The zero-order valence-electron chi connectivity index (χ0n) is 7.25. The first-order valence-corrected chi connectivity index (χ1v) is 6.24. The van der Waals surface area contributed by atoms with Crippen LogP contribution in [0, 0.1) is 0 Å². The molecule has 1 fully saturated rings. The molecule has 2 rings (SSSR count). The largest absolute Gasteiger partial charge is 0.300 e. The molecule has 13 heavy (non-hydrogen) atoms. The van der Waals surface area contributed by atoms with Gasteiger partial charge in [0.05, 0.1) is 0 Å². The van der Waals surface area contributed by atoms with Gasteiger partial charge in [-0.3, -0.25) is 4.79 Å². The number of halogens is 1. The van der Waals surface area contributed by atoms with Crippen LogP contribution in [0.4, 0.5) is 0 Å². The van der Waals surface area contributed by atoms with E-state index in [1.807, 2.05) is 0 Å². The first-order valence-electron chi connectivity index (χ1n) is 4.50. The van der Waals surface area contributed by atoms with Crippen LogP contribution in [0.1, 0.15) is 37.2 Å². The second kappa shape index (κ2) is 3.93. The Morgan fingerprint density at radius 3 is 2.92 bits per heavy atom. The van der Waals surface area contributed by atoms with E-state index in [1.54, 1.807) is 11.3 Å². The molecule has 0 N–H and O–H groups in total. The van der Waals surface area contributed by atoms with E-state index in [0.29, 0.717) is 11.7 Å². The standard InChI is InChI=1S/C10H11BrOS/c11-10-6-13-5-9(10)7-2-1-3-8(12)4-7/h5-7H,1-4H2. The fourth-order valence-corrected chi connectivity index (χ4v) is 3.58. The summed E-state index contributed by atoms with van der Waals surface area (Å²) in [7, 11) is 0. The Hall–Kier alpha value is -0.150. The van der Waals surface area contributed by atoms with Gasteiger partial charge in [0.1, 0.15) is 5.78 Å². The number of carbonyl (C=O) groups is 1. The van der Waals surface area contributed by atoms with Crippen molar-refractivity contribution >= 4 is 33.0 Å². The summed E-state index contributed by atoms with van der Waals surface area (Å²) in [6, 6.07) is 0. The molecule has 0 aliphatic heterocycles. The summed E-state index contributed by atoms with van der Waals surface area (Å²) in [6.07, 6.45) is 3.76. The van der Waals surface area contributed by atoms with Gasteiger partial charge in [0.25, 0.3) is 0 Å². The van der Waals surface area contributed by atoms with Gasteiger partial charge in [-0.1, -0.05) is 0 Å². The van der Waals surface area contributed by atoms with Crippen molar-refractivity contribution in [2.75, 3.05) is 0 Å². The Morgan fingerprint density at radius 1 is 1.46 bits per heavy atom. The summed E-state index contributed by atoms with van der Waals surface area (Å²) < 4.78 is 1.18. The number of rotatable bonds is 1. The number of ketones is 1. The van der Waals surface area contributed by atoms with Crippen molar-refractivity contribution in [1.29, 1.82) is 0 Å². The number of thiophene rings is 1. The average molecular weight is 259 g/mol. The van der Waals surface area contributed by atoms with E-state index in [-0.39, 0.29) is 0 Å². The van der Waals surface area contributed by atoms with Gasteiger partial charge in [-0.15, -0.1) is 0 Å². The first kappa shape index (κ1) is 9.41. The number of carbonyl (C=O) groups excluding carboxylic acids is 1. The van der Waals surface area contributed by atoms with E-state index >= 15 is 0 Å². The lowest BCUT2D eigenvalue weighted by atomic mass is 9.85. The molecule has 0 saturated heterocycles. The Balaban J connectivity index is 2.17. The first-order chi connectivity index (χ1) is 6.27. The minimum absolute atomic E-state index is 0.425. The summed E-state index contributed by atoms with van der Waals surface area (Å²) in [5.74, 6) is 0.899. The Labute approximate surface area is 90.3 Å². The molecule has 1 nitrogen and oxygen atoms in total. The molecule has 1 atom stereocenters. The van der Waals surface area contributed by atoms with Crippen LogP contribution in [-0.2, 0) is 4.79 Å². The third-order valence-corrected chi connectivity index (χ3v) is 4.32. The molecule has 0 spiro atoms. The summed E-state index contributed by atoms with van der Waals surface area (Å²) >= 11 is 5.22. The maximum atomic E-state index is 11.3. The van der Waals surface area contributed by atoms with Crippen LogP contribution in [-0.4, -0.2) is 5.78 Å². The van der Waals surface area contributed by atoms with E-state index in [4.69, 9.17) is 0 Å². The van der Waals surface area contributed by atoms with Gasteiger partial charge >= 0.3 is 0 Å². The van der Waals surface area contributed by atoms with Crippen molar-refractivity contribution in [2.24, 2.45) is 0 Å². The van der Waals surface area contributed by atoms with Gasteiger partial charge in [0.2, 0.25) is 0 Å². The highest BCUT2D eigenvalue weighted by Gasteiger charge is 2.22. The highest BCUT2D eigenvalue weighted by Crippen LogP contribution is 2.36. The lowest BCUT2D eigenvalue weighted by molar-refractivity contribution is -0.120. The van der Waals surface area contributed by atoms with Crippen molar-refractivity contribution < 1.29 is 4.79 Å². The smallest absolute Gasteiger partial charge is 0.133 e. The van der Waals surface area contributed by atoms with Crippen molar-refractivity contribution in [2.45, 2.75) is 31.6 Å². The third kappa shape index (κ3) is 2.02. The van der Waals surface area contributed by atoms with Crippen LogP contribution in [0.15, 0.2) is 15.2 Å². The van der Waals surface area contributed by atoms with Crippen molar-refractivity contribution in [3.05, 3.63) is 20.8 Å². The molecule has 0 radical (unpaired) electrons. The highest BCUT2D eigenvalue weighted by atomic mass is 79.9. The van der Waals surface area contributed by atoms with Crippen LogP contribution in [0.2, 0.25) is 0 Å². The fraction of sp³-hybridized carbons (Fsp3) is 0.500. The number of hydrogen-bond donors (Lipinski definition) is 0. The summed E-state index contributed by atoms with van der Waals surface area (Å²) in [5.41, 5.74) is 1.33. The molecule has 0 bridgehead atoms. The van der Waals surface area contributed by atoms with E-state index in [1.165, 1.54) is 16.5 Å². The number of hydrogen-bond acceptors (Lipinski definition) is 2. The molecule has 1 unspecified atom stereocenters. The van der Waals surface area contributed by atoms with Crippen LogP contribution >= 0.6 is 27.3 Å². The summed E-state index contributed by atoms with van der Waals surface area (Å²) in [4.78, 5) is 11.3. The second-order valence-electron chi connectivity index (χ2n) is 3.51. The van der Waals surface area contributed by atoms with Crippen LogP contribution in [0.25, 0.3) is 0 Å². The van der Waals surface area contributed by atoms with Gasteiger partial charge in [-0.2, -0.15) is 11.3 Å². The Kier molecular flexibility index (Phi) is 2.84. The van der Waals surface area contributed by atoms with Crippen LogP contribution in [0.5, 0.6) is 0 Å². The second-order valence-corrected chi connectivity index (χ2v) is 5.10. The molecule has 1 aliphatic carbocycles. The van der Waals surface area contributed by atoms with Gasteiger partial charge in [0, 0.05) is 22.7 Å². The molecule has 1 heterocycles. The topological polar surface area (TPSA) is 17.1 Å². The lowest BCUT2D eigenvalue weighted by Gasteiger charge is -2.20. The monoisotopic (exact) mass is 258 g/mol. The molecular formula is C10H11BrOS. The molecule has 1 aliphatic rings. The molecule has 0 amide bonds. The van der Waals surface area contributed by atoms with E-state index in [0.717, 1.165) is 19.3 Å². The van der Waals surface area contributed by atoms with Crippen LogP contribution < -0.4 is 0 Å². The predicted octanol–water partition coefficient (Wildman–Crippen LogP) is 3.74. The molecule has 3 heteroatoms. The summed E-state index contributed by atoms with van der Waals surface area (Å²) in [5, 5.41) is 4.25. The van der Waals surface area contributed by atoms with Crippen molar-refractivity contribution in [3.63, 3.8) is 0 Å². The van der Waals surface area contributed by atoms with E-state index in [2.05, 4.69) is 26.7 Å². The molecule has 0 aromatic carbocycles. The Bertz CT molecular complexity index is 318. The van der Waals surface area contributed by atoms with Crippen molar-refractivity contribution in [1.82, 2.24) is 0 Å². The zero-order chi connectivity index (χ0) is 9.26. The van der Waals surface area contributed by atoms with E-state index in [9.17, 15) is 4.79 Å². The van der Waals surface area contributed by atoms with Gasteiger partial charge < -0.3 is 0 Å². The minimum Gasteiger partial charge on any atom is -0.300 e. The highest BCUT2D eigenvalue weighted by molar-refractivity contribution is 9.10. The molecular weight excluding hydrogens is 248 g/mol. The molecule has 1 saturated carbocycles. The van der Waals surface area contributed by atoms with E-state index < -0.39 is 0 Å². The lowest BCUT2D eigenvalue weighted by Crippen LogP contribution is -2.12.